The van der Waals surface area contributed by atoms with Gasteiger partial charge in [-0.15, -0.1) is 11.8 Å². The first-order valence-electron chi connectivity index (χ1n) is 7.12. The zero-order valence-corrected chi connectivity index (χ0v) is 12.5. The van der Waals surface area contributed by atoms with Crippen molar-refractivity contribution in [1.29, 1.82) is 0 Å². The Bertz CT molecular complexity index is 597. The van der Waals surface area contributed by atoms with Crippen molar-refractivity contribution >= 4 is 17.4 Å². The molecule has 0 spiro atoms. The highest BCUT2D eigenvalue weighted by Gasteiger charge is 2.28. The van der Waals surface area contributed by atoms with E-state index in [4.69, 9.17) is 5.73 Å². The quantitative estimate of drug-likeness (QED) is 0.819. The topological polar surface area (TPSA) is 38.0 Å². The number of para-hydroxylation sites is 1. The lowest BCUT2D eigenvalue weighted by Crippen LogP contribution is -2.10. The molecule has 3 heteroatoms. The second-order valence-corrected chi connectivity index (χ2v) is 6.40. The number of hydrogen-bond acceptors (Lipinski definition) is 3. The number of fused-ring (bicyclic) bond motifs is 1. The Morgan fingerprint density at radius 3 is 2.60 bits per heavy atom. The third kappa shape index (κ3) is 2.56. The molecule has 3 N–H and O–H groups in total. The average Bonchev–Trinajstić information content (AvgIpc) is 2.79. The molecule has 2 aromatic rings. The fourth-order valence-corrected chi connectivity index (χ4v) is 3.63. The van der Waals surface area contributed by atoms with Crippen LogP contribution >= 0.6 is 11.8 Å². The van der Waals surface area contributed by atoms with Gasteiger partial charge >= 0.3 is 0 Å². The molecule has 2 unspecified atom stereocenters. The van der Waals surface area contributed by atoms with Crippen LogP contribution in [0, 0.1) is 0 Å². The molecular formula is C17H20N2S. The van der Waals surface area contributed by atoms with Crippen molar-refractivity contribution in [2.45, 2.75) is 30.3 Å². The number of nitrogens with two attached hydrogens (primary N) is 1. The maximum atomic E-state index is 6.24. The van der Waals surface area contributed by atoms with Crippen LogP contribution in [-0.4, -0.2) is 5.75 Å². The van der Waals surface area contributed by atoms with E-state index in [1.807, 2.05) is 11.8 Å². The van der Waals surface area contributed by atoms with Gasteiger partial charge in [-0.05, 0) is 35.4 Å². The van der Waals surface area contributed by atoms with Gasteiger partial charge in [0, 0.05) is 16.6 Å². The molecule has 0 heterocycles. The van der Waals surface area contributed by atoms with Crippen LogP contribution in [0.1, 0.15) is 36.6 Å². The van der Waals surface area contributed by atoms with Gasteiger partial charge in [0.15, 0.2) is 0 Å². The minimum Gasteiger partial charge on any atom is -0.377 e. The molecule has 0 radical (unpaired) electrons. The zero-order valence-electron chi connectivity index (χ0n) is 11.7. The minimum atomic E-state index is 0.148. The SMILES string of the molecule is CCSc1ccccc1NC1CC(N)c2ccccc21. The Kier molecular flexibility index (Phi) is 3.99. The number of hydrogen-bond donors (Lipinski definition) is 2. The van der Waals surface area contributed by atoms with Crippen LogP contribution in [0.25, 0.3) is 0 Å². The molecule has 0 amide bonds. The van der Waals surface area contributed by atoms with Gasteiger partial charge in [0.2, 0.25) is 0 Å². The minimum absolute atomic E-state index is 0.148. The monoisotopic (exact) mass is 284 g/mol. The molecule has 20 heavy (non-hydrogen) atoms. The standard InChI is InChI=1S/C17H20N2S/c1-2-20-17-10-6-5-9-15(17)19-16-11-14(18)12-7-3-4-8-13(12)16/h3-10,14,16,19H,2,11,18H2,1H3. The summed E-state index contributed by atoms with van der Waals surface area (Å²) in [7, 11) is 0. The molecule has 0 aromatic heterocycles. The van der Waals surface area contributed by atoms with Gasteiger partial charge in [0.1, 0.15) is 0 Å². The molecule has 2 aromatic carbocycles. The lowest BCUT2D eigenvalue weighted by Gasteiger charge is -2.18. The van der Waals surface area contributed by atoms with Crippen molar-refractivity contribution in [3.05, 3.63) is 59.7 Å². The number of nitrogens with one attached hydrogen (secondary N) is 1. The number of rotatable bonds is 4. The van der Waals surface area contributed by atoms with Crippen molar-refractivity contribution in [1.82, 2.24) is 0 Å². The maximum Gasteiger partial charge on any atom is 0.0535 e. The van der Waals surface area contributed by atoms with Crippen molar-refractivity contribution in [2.75, 3.05) is 11.1 Å². The Morgan fingerprint density at radius 2 is 1.80 bits per heavy atom. The van der Waals surface area contributed by atoms with Gasteiger partial charge in [-0.2, -0.15) is 0 Å². The number of anilines is 1. The van der Waals surface area contributed by atoms with E-state index in [0.29, 0.717) is 6.04 Å². The van der Waals surface area contributed by atoms with Crippen LogP contribution in [0.4, 0.5) is 5.69 Å². The van der Waals surface area contributed by atoms with Gasteiger partial charge in [0.05, 0.1) is 6.04 Å². The molecule has 0 bridgehead atoms. The van der Waals surface area contributed by atoms with Gasteiger partial charge in [-0.3, -0.25) is 0 Å². The summed E-state index contributed by atoms with van der Waals surface area (Å²) >= 11 is 1.87. The second-order valence-electron chi connectivity index (χ2n) is 5.10. The molecule has 0 saturated carbocycles. The summed E-state index contributed by atoms with van der Waals surface area (Å²) in [6, 6.07) is 17.5. The molecular weight excluding hydrogens is 264 g/mol. The molecule has 1 aliphatic carbocycles. The van der Waals surface area contributed by atoms with Gasteiger partial charge in [0.25, 0.3) is 0 Å². The molecule has 3 rings (SSSR count). The molecule has 2 nitrogen and oxygen atoms in total. The lowest BCUT2D eigenvalue weighted by molar-refractivity contribution is 0.647. The summed E-state index contributed by atoms with van der Waals surface area (Å²) in [5.41, 5.74) is 10.1. The number of benzene rings is 2. The molecule has 0 fully saturated rings. The van der Waals surface area contributed by atoms with Crippen molar-refractivity contribution < 1.29 is 0 Å². The summed E-state index contributed by atoms with van der Waals surface area (Å²) in [4.78, 5) is 1.31. The van der Waals surface area contributed by atoms with E-state index in [0.717, 1.165) is 12.2 Å². The molecule has 1 aliphatic rings. The van der Waals surface area contributed by atoms with E-state index in [2.05, 4.69) is 60.8 Å². The largest absolute Gasteiger partial charge is 0.377 e. The Balaban J connectivity index is 1.86. The molecule has 0 aliphatic heterocycles. The Morgan fingerprint density at radius 1 is 1.10 bits per heavy atom. The van der Waals surface area contributed by atoms with Gasteiger partial charge < -0.3 is 11.1 Å². The first-order valence-corrected chi connectivity index (χ1v) is 8.11. The first kappa shape index (κ1) is 13.5. The highest BCUT2D eigenvalue weighted by atomic mass is 32.2. The van der Waals surface area contributed by atoms with Crippen LogP contribution in [0.5, 0.6) is 0 Å². The van der Waals surface area contributed by atoms with Crippen molar-refractivity contribution in [3.8, 4) is 0 Å². The van der Waals surface area contributed by atoms with E-state index in [-0.39, 0.29) is 6.04 Å². The summed E-state index contributed by atoms with van der Waals surface area (Å²) in [5, 5.41) is 3.68. The van der Waals surface area contributed by atoms with Gasteiger partial charge in [-0.1, -0.05) is 43.3 Å². The molecule has 104 valence electrons. The highest BCUT2D eigenvalue weighted by molar-refractivity contribution is 7.99. The fraction of sp³-hybridized carbons (Fsp3) is 0.294. The first-order chi connectivity index (χ1) is 9.79. The summed E-state index contributed by atoms with van der Waals surface area (Å²) in [6.45, 7) is 2.18. The average molecular weight is 284 g/mol. The summed E-state index contributed by atoms with van der Waals surface area (Å²) in [5.74, 6) is 1.08. The van der Waals surface area contributed by atoms with Crippen LogP contribution in [0.3, 0.4) is 0 Å². The van der Waals surface area contributed by atoms with E-state index in [9.17, 15) is 0 Å². The summed E-state index contributed by atoms with van der Waals surface area (Å²) < 4.78 is 0. The predicted octanol–water partition coefficient (Wildman–Crippen LogP) is 4.36. The Hall–Kier alpha value is -1.45. The second kappa shape index (κ2) is 5.90. The van der Waals surface area contributed by atoms with E-state index in [1.165, 1.54) is 21.7 Å². The van der Waals surface area contributed by atoms with Gasteiger partial charge in [-0.25, -0.2) is 0 Å². The third-order valence-electron chi connectivity index (χ3n) is 3.78. The molecule has 0 saturated heterocycles. The maximum absolute atomic E-state index is 6.24. The Labute approximate surface area is 124 Å². The van der Waals surface area contributed by atoms with E-state index >= 15 is 0 Å². The predicted molar refractivity (Wildman–Crippen MR) is 87.2 cm³/mol. The normalized spacial score (nSPS) is 20.7. The van der Waals surface area contributed by atoms with Crippen LogP contribution < -0.4 is 11.1 Å². The van der Waals surface area contributed by atoms with Crippen LogP contribution in [0.2, 0.25) is 0 Å². The lowest BCUT2D eigenvalue weighted by atomic mass is 10.1. The van der Waals surface area contributed by atoms with Crippen molar-refractivity contribution in [3.63, 3.8) is 0 Å². The van der Waals surface area contributed by atoms with E-state index < -0.39 is 0 Å². The van der Waals surface area contributed by atoms with E-state index in [1.54, 1.807) is 0 Å². The third-order valence-corrected chi connectivity index (χ3v) is 4.73. The van der Waals surface area contributed by atoms with Crippen LogP contribution in [0.15, 0.2) is 53.4 Å². The van der Waals surface area contributed by atoms with Crippen LogP contribution in [-0.2, 0) is 0 Å². The zero-order chi connectivity index (χ0) is 13.9. The van der Waals surface area contributed by atoms with Crippen molar-refractivity contribution in [2.24, 2.45) is 5.73 Å². The fourth-order valence-electron chi connectivity index (χ4n) is 2.87. The highest BCUT2D eigenvalue weighted by Crippen LogP contribution is 2.40. The number of thioether (sulfide) groups is 1. The summed E-state index contributed by atoms with van der Waals surface area (Å²) in [6.07, 6.45) is 0.963. The molecule has 2 atom stereocenters. The smallest absolute Gasteiger partial charge is 0.0535 e.